The molecule has 0 fully saturated rings. The number of hydrogen-bond acceptors (Lipinski definition) is 5. The van der Waals surface area contributed by atoms with Crippen LogP contribution in [-0.4, -0.2) is 43.9 Å². The van der Waals surface area contributed by atoms with E-state index in [1.54, 1.807) is 32.0 Å². The first-order chi connectivity index (χ1) is 12.9. The molecule has 1 N–H and O–H groups in total. The van der Waals surface area contributed by atoms with E-state index in [9.17, 15) is 4.79 Å². The van der Waals surface area contributed by atoms with Crippen molar-refractivity contribution in [1.29, 1.82) is 0 Å². The standard InChI is InChI=1S/C21H27N3O3/c1-7-14-18(26-5)8-13(9-19(14)27-6)17-12-24(4)21(25)16-11-22-20(23(2)3)10-15(16)17/h8-12,20,22H,7H2,1-6H3. The quantitative estimate of drug-likeness (QED) is 0.838. The van der Waals surface area contributed by atoms with Crippen molar-refractivity contribution in [2.45, 2.75) is 19.5 Å². The van der Waals surface area contributed by atoms with Gasteiger partial charge < -0.3 is 19.4 Å². The molecule has 144 valence electrons. The van der Waals surface area contributed by atoms with Crippen molar-refractivity contribution in [3.63, 3.8) is 0 Å². The van der Waals surface area contributed by atoms with Gasteiger partial charge in [0.15, 0.2) is 0 Å². The van der Waals surface area contributed by atoms with Gasteiger partial charge in [0.25, 0.3) is 5.56 Å². The molecule has 1 atom stereocenters. The summed E-state index contributed by atoms with van der Waals surface area (Å²) in [5.41, 5.74) is 2.93. The molecule has 1 aliphatic heterocycles. The van der Waals surface area contributed by atoms with E-state index in [0.717, 1.165) is 39.8 Å². The lowest BCUT2D eigenvalue weighted by Crippen LogP contribution is -2.53. The predicted molar refractivity (Wildman–Crippen MR) is 108 cm³/mol. The predicted octanol–water partition coefficient (Wildman–Crippen LogP) is 0.641. The van der Waals surface area contributed by atoms with E-state index < -0.39 is 0 Å². The van der Waals surface area contributed by atoms with Crippen molar-refractivity contribution in [2.24, 2.45) is 7.05 Å². The van der Waals surface area contributed by atoms with E-state index in [2.05, 4.69) is 23.2 Å². The zero-order valence-corrected chi connectivity index (χ0v) is 16.8. The molecule has 0 saturated heterocycles. The fourth-order valence-electron chi connectivity index (χ4n) is 3.48. The molecule has 0 spiro atoms. The molecule has 1 aromatic carbocycles. The second-order valence-electron chi connectivity index (χ2n) is 6.89. The summed E-state index contributed by atoms with van der Waals surface area (Å²) >= 11 is 0. The molecule has 0 aliphatic carbocycles. The number of pyridine rings is 1. The maximum Gasteiger partial charge on any atom is 0.259 e. The largest absolute Gasteiger partial charge is 0.496 e. The molecule has 1 unspecified atom stereocenters. The van der Waals surface area contributed by atoms with Crippen molar-refractivity contribution in [3.05, 3.63) is 44.7 Å². The van der Waals surface area contributed by atoms with Crippen LogP contribution in [0.2, 0.25) is 0 Å². The topological polar surface area (TPSA) is 55.7 Å². The van der Waals surface area contributed by atoms with Crippen molar-refractivity contribution in [3.8, 4) is 22.6 Å². The number of aromatic nitrogens is 1. The van der Waals surface area contributed by atoms with Gasteiger partial charge in [-0.05, 0) is 49.5 Å². The summed E-state index contributed by atoms with van der Waals surface area (Å²) in [6.07, 6.45) is 6.59. The second-order valence-corrected chi connectivity index (χ2v) is 6.89. The average molecular weight is 369 g/mol. The van der Waals surface area contributed by atoms with Crippen LogP contribution in [0.1, 0.15) is 12.5 Å². The normalized spacial score (nSPS) is 15.4. The Balaban J connectivity index is 2.36. The number of nitrogens with one attached hydrogen (secondary N) is 1. The van der Waals surface area contributed by atoms with Crippen LogP contribution in [0, 0.1) is 0 Å². The summed E-state index contributed by atoms with van der Waals surface area (Å²) in [5.74, 6) is 1.58. The van der Waals surface area contributed by atoms with Gasteiger partial charge in [-0.3, -0.25) is 9.69 Å². The maximum absolute atomic E-state index is 12.6. The average Bonchev–Trinajstić information content (AvgIpc) is 2.68. The third-order valence-electron chi connectivity index (χ3n) is 5.01. The third-order valence-corrected chi connectivity index (χ3v) is 5.01. The fourth-order valence-corrected chi connectivity index (χ4v) is 3.48. The Kier molecular flexibility index (Phi) is 5.28. The van der Waals surface area contributed by atoms with Gasteiger partial charge in [0, 0.05) is 30.6 Å². The Morgan fingerprint density at radius 1 is 1.15 bits per heavy atom. The van der Waals surface area contributed by atoms with Crippen molar-refractivity contribution >= 4 is 12.3 Å². The molecule has 2 heterocycles. The maximum atomic E-state index is 12.6. The Labute approximate surface area is 159 Å². The Hall–Kier alpha value is -2.73. The molecule has 1 aromatic heterocycles. The van der Waals surface area contributed by atoms with Crippen molar-refractivity contribution in [2.75, 3.05) is 28.3 Å². The fraction of sp³-hybridized carbons (Fsp3) is 0.381. The molecule has 0 radical (unpaired) electrons. The van der Waals surface area contributed by atoms with Gasteiger partial charge in [0.1, 0.15) is 11.5 Å². The van der Waals surface area contributed by atoms with E-state index in [4.69, 9.17) is 9.47 Å². The Morgan fingerprint density at radius 2 is 1.78 bits per heavy atom. The van der Waals surface area contributed by atoms with Crippen LogP contribution < -0.4 is 30.8 Å². The number of methoxy groups -OCH3 is 2. The number of aryl methyl sites for hydroxylation is 1. The number of ether oxygens (including phenoxy) is 2. The summed E-state index contributed by atoms with van der Waals surface area (Å²) in [6, 6.07) is 4.03. The molecule has 6 heteroatoms. The monoisotopic (exact) mass is 369 g/mol. The summed E-state index contributed by atoms with van der Waals surface area (Å²) < 4.78 is 12.8. The molecule has 0 saturated carbocycles. The first-order valence-corrected chi connectivity index (χ1v) is 9.00. The van der Waals surface area contributed by atoms with E-state index in [1.807, 2.05) is 32.4 Å². The minimum atomic E-state index is -0.0289. The molecule has 2 aromatic rings. The van der Waals surface area contributed by atoms with Crippen LogP contribution in [0.15, 0.2) is 23.1 Å². The lowest BCUT2D eigenvalue weighted by atomic mass is 9.98. The molecule has 27 heavy (non-hydrogen) atoms. The van der Waals surface area contributed by atoms with Gasteiger partial charge in [-0.25, -0.2) is 0 Å². The zero-order valence-electron chi connectivity index (χ0n) is 16.8. The highest BCUT2D eigenvalue weighted by Gasteiger charge is 2.17. The van der Waals surface area contributed by atoms with Crippen LogP contribution in [0.25, 0.3) is 23.4 Å². The van der Waals surface area contributed by atoms with Gasteiger partial charge >= 0.3 is 0 Å². The molecule has 0 amide bonds. The van der Waals surface area contributed by atoms with E-state index in [-0.39, 0.29) is 11.7 Å². The Morgan fingerprint density at radius 3 is 2.30 bits per heavy atom. The number of fused-ring (bicyclic) bond motifs is 1. The molecule has 3 rings (SSSR count). The minimum Gasteiger partial charge on any atom is -0.496 e. The third kappa shape index (κ3) is 3.32. The summed E-state index contributed by atoms with van der Waals surface area (Å²) in [4.78, 5) is 14.7. The van der Waals surface area contributed by atoms with Gasteiger partial charge in [-0.15, -0.1) is 0 Å². The van der Waals surface area contributed by atoms with Crippen molar-refractivity contribution < 1.29 is 9.47 Å². The molecular weight excluding hydrogens is 342 g/mol. The highest BCUT2D eigenvalue weighted by Crippen LogP contribution is 2.34. The smallest absolute Gasteiger partial charge is 0.259 e. The lowest BCUT2D eigenvalue weighted by Gasteiger charge is -2.24. The minimum absolute atomic E-state index is 0.0158. The second kappa shape index (κ2) is 7.48. The van der Waals surface area contributed by atoms with Crippen LogP contribution in [0.3, 0.4) is 0 Å². The van der Waals surface area contributed by atoms with Gasteiger partial charge in [0.2, 0.25) is 0 Å². The number of rotatable bonds is 5. The number of benzene rings is 1. The molecule has 0 bridgehead atoms. The Bertz CT molecular complexity index is 1010. The highest BCUT2D eigenvalue weighted by molar-refractivity contribution is 5.71. The van der Waals surface area contributed by atoms with Crippen molar-refractivity contribution in [1.82, 2.24) is 14.8 Å². The number of nitrogens with zero attached hydrogens (tertiary/aromatic N) is 2. The van der Waals surface area contributed by atoms with Crippen LogP contribution >= 0.6 is 0 Å². The van der Waals surface area contributed by atoms with Gasteiger partial charge in [-0.1, -0.05) is 6.92 Å². The van der Waals surface area contributed by atoms with Crippen LogP contribution in [0.5, 0.6) is 11.5 Å². The molecule has 6 nitrogen and oxygen atoms in total. The van der Waals surface area contributed by atoms with E-state index in [0.29, 0.717) is 5.22 Å². The van der Waals surface area contributed by atoms with E-state index in [1.165, 1.54) is 0 Å². The van der Waals surface area contributed by atoms with Gasteiger partial charge in [0.05, 0.1) is 25.6 Å². The molecule has 1 aliphatic rings. The highest BCUT2D eigenvalue weighted by atomic mass is 16.5. The SMILES string of the molecule is CCc1c(OC)cc(-c2cn(C)c(=O)c3c2=CC(N(C)C)NC=3)cc1OC. The zero-order chi connectivity index (χ0) is 19.7. The summed E-state index contributed by atoms with van der Waals surface area (Å²) in [5, 5.41) is 4.85. The van der Waals surface area contributed by atoms with Gasteiger partial charge in [-0.2, -0.15) is 0 Å². The summed E-state index contributed by atoms with van der Waals surface area (Å²) in [6.45, 7) is 2.07. The first-order valence-electron chi connectivity index (χ1n) is 9.00. The van der Waals surface area contributed by atoms with Crippen LogP contribution in [-0.2, 0) is 13.5 Å². The van der Waals surface area contributed by atoms with Crippen LogP contribution in [0.4, 0.5) is 0 Å². The van der Waals surface area contributed by atoms with E-state index >= 15 is 0 Å². The summed E-state index contributed by atoms with van der Waals surface area (Å²) in [7, 11) is 9.10. The number of hydrogen-bond donors (Lipinski definition) is 1. The molecular formula is C21H27N3O3. The first kappa shape index (κ1) is 19.0. The lowest BCUT2D eigenvalue weighted by molar-refractivity contribution is 0.338.